The van der Waals surface area contributed by atoms with Gasteiger partial charge >= 0.3 is 0 Å². The van der Waals surface area contributed by atoms with Crippen LogP contribution in [0.3, 0.4) is 0 Å². The lowest BCUT2D eigenvalue weighted by molar-refractivity contribution is -0.119. The monoisotopic (exact) mass is 172 g/mol. The van der Waals surface area contributed by atoms with Gasteiger partial charge in [-0.2, -0.15) is 0 Å². The molecule has 0 aromatic heterocycles. The van der Waals surface area contributed by atoms with E-state index in [1.165, 1.54) is 0 Å². The number of carbonyl (C=O) groups is 2. The number of rotatable bonds is 7. The Balaban J connectivity index is 3.01. The predicted octanol–water partition coefficient (Wildman–Crippen LogP) is 0.298. The molecular weight excluding hydrogens is 156 g/mol. The average Bonchev–Trinajstić information content (AvgIpc) is 1.95. The van der Waals surface area contributed by atoms with Crippen LogP contribution in [0.4, 0.5) is 0 Å². The first kappa shape index (κ1) is 10.9. The summed E-state index contributed by atoms with van der Waals surface area (Å²) in [5.74, 6) is -0.519. The number of hydrogen-bond acceptors (Lipinski definition) is 2. The lowest BCUT2D eigenvalue weighted by Gasteiger charge is -1.97. The quantitative estimate of drug-likeness (QED) is 0.541. The van der Waals surface area contributed by atoms with Crippen molar-refractivity contribution in [1.29, 1.82) is 0 Å². The van der Waals surface area contributed by atoms with Gasteiger partial charge in [-0.05, 0) is 12.8 Å². The van der Waals surface area contributed by atoms with Crippen LogP contribution in [0.1, 0.15) is 38.5 Å². The predicted molar refractivity (Wildman–Crippen MR) is 46.1 cm³/mol. The Morgan fingerprint density at radius 2 is 1.08 bits per heavy atom. The lowest BCUT2D eigenvalue weighted by Crippen LogP contribution is -2.10. The van der Waals surface area contributed by atoms with Crippen molar-refractivity contribution in [3.8, 4) is 0 Å². The molecule has 0 saturated heterocycles. The Morgan fingerprint density at radius 1 is 0.750 bits per heavy atom. The van der Waals surface area contributed by atoms with Gasteiger partial charge in [0.15, 0.2) is 0 Å². The Kier molecular flexibility index (Phi) is 6.05. The summed E-state index contributed by atoms with van der Waals surface area (Å²) in [5, 5.41) is 0. The third-order valence-corrected chi connectivity index (χ3v) is 1.60. The van der Waals surface area contributed by atoms with E-state index in [4.69, 9.17) is 11.5 Å². The fraction of sp³-hybridized carbons (Fsp3) is 0.750. The fourth-order valence-electron chi connectivity index (χ4n) is 0.952. The summed E-state index contributed by atoms with van der Waals surface area (Å²) in [6, 6.07) is 0. The fourth-order valence-corrected chi connectivity index (χ4v) is 0.952. The summed E-state index contributed by atoms with van der Waals surface area (Å²) in [5.41, 5.74) is 9.88. The van der Waals surface area contributed by atoms with Gasteiger partial charge in [-0.1, -0.05) is 12.8 Å². The Morgan fingerprint density at radius 3 is 1.33 bits per heavy atom. The van der Waals surface area contributed by atoms with Crippen molar-refractivity contribution in [2.45, 2.75) is 38.5 Å². The van der Waals surface area contributed by atoms with Crippen LogP contribution >= 0.6 is 0 Å². The van der Waals surface area contributed by atoms with Gasteiger partial charge in [-0.25, -0.2) is 0 Å². The van der Waals surface area contributed by atoms with Gasteiger partial charge in [0.05, 0.1) is 0 Å². The van der Waals surface area contributed by atoms with Crippen molar-refractivity contribution in [1.82, 2.24) is 0 Å². The lowest BCUT2D eigenvalue weighted by atomic mass is 10.1. The molecule has 0 heterocycles. The van der Waals surface area contributed by atoms with Crippen LogP contribution in [-0.2, 0) is 9.59 Å². The minimum atomic E-state index is -0.259. The Hall–Kier alpha value is -1.06. The van der Waals surface area contributed by atoms with Crippen LogP contribution in [-0.4, -0.2) is 11.8 Å². The molecule has 12 heavy (non-hydrogen) atoms. The summed E-state index contributed by atoms with van der Waals surface area (Å²) in [6.07, 6.45) is 4.39. The summed E-state index contributed by atoms with van der Waals surface area (Å²) in [7, 11) is 0. The van der Waals surface area contributed by atoms with Crippen LogP contribution in [0.15, 0.2) is 0 Å². The van der Waals surface area contributed by atoms with E-state index in [0.29, 0.717) is 12.8 Å². The zero-order valence-electron chi connectivity index (χ0n) is 7.21. The first-order valence-corrected chi connectivity index (χ1v) is 4.19. The highest BCUT2D eigenvalue weighted by Crippen LogP contribution is 2.04. The smallest absolute Gasteiger partial charge is 0.217 e. The normalized spacial score (nSPS) is 9.67. The van der Waals surface area contributed by atoms with Crippen molar-refractivity contribution in [3.63, 3.8) is 0 Å². The van der Waals surface area contributed by atoms with Crippen molar-refractivity contribution < 1.29 is 9.59 Å². The van der Waals surface area contributed by atoms with Gasteiger partial charge in [0.25, 0.3) is 0 Å². The van der Waals surface area contributed by atoms with Crippen molar-refractivity contribution >= 4 is 11.8 Å². The second-order valence-electron chi connectivity index (χ2n) is 2.85. The molecule has 0 bridgehead atoms. The van der Waals surface area contributed by atoms with Gasteiger partial charge in [-0.3, -0.25) is 9.59 Å². The van der Waals surface area contributed by atoms with Crippen LogP contribution in [0.25, 0.3) is 0 Å². The number of primary amides is 2. The zero-order valence-corrected chi connectivity index (χ0v) is 7.21. The molecule has 4 nitrogen and oxygen atoms in total. The van der Waals surface area contributed by atoms with Crippen LogP contribution in [0.5, 0.6) is 0 Å². The number of hydrogen-bond donors (Lipinski definition) is 2. The van der Waals surface area contributed by atoms with E-state index in [1.807, 2.05) is 0 Å². The van der Waals surface area contributed by atoms with Crippen molar-refractivity contribution in [2.24, 2.45) is 11.5 Å². The van der Waals surface area contributed by atoms with Crippen LogP contribution in [0.2, 0.25) is 0 Å². The molecule has 0 aliphatic rings. The molecule has 2 amide bonds. The molecule has 0 fully saturated rings. The standard InChI is InChI=1S/C8H16N2O2/c9-7(11)5-3-1-2-4-6-8(10)12/h1-6H2,(H2,9,11)(H2,10,12). The molecule has 4 heteroatoms. The number of amides is 2. The first-order valence-electron chi connectivity index (χ1n) is 4.19. The number of unbranched alkanes of at least 4 members (excludes halogenated alkanes) is 3. The highest BCUT2D eigenvalue weighted by atomic mass is 16.1. The third kappa shape index (κ3) is 8.94. The molecule has 70 valence electrons. The van der Waals surface area contributed by atoms with Crippen LogP contribution in [0, 0.1) is 0 Å². The topological polar surface area (TPSA) is 86.2 Å². The minimum Gasteiger partial charge on any atom is -0.370 e. The first-order chi connectivity index (χ1) is 5.63. The highest BCUT2D eigenvalue weighted by Gasteiger charge is 1.96. The van der Waals surface area contributed by atoms with E-state index in [9.17, 15) is 9.59 Å². The molecule has 0 aromatic carbocycles. The number of carbonyl (C=O) groups excluding carboxylic acids is 2. The van der Waals surface area contributed by atoms with E-state index in [0.717, 1.165) is 25.7 Å². The van der Waals surface area contributed by atoms with Crippen molar-refractivity contribution in [2.75, 3.05) is 0 Å². The average molecular weight is 172 g/mol. The van der Waals surface area contributed by atoms with Gasteiger partial charge < -0.3 is 11.5 Å². The molecule has 4 N–H and O–H groups in total. The molecule has 0 aliphatic carbocycles. The van der Waals surface area contributed by atoms with Gasteiger partial charge in [0, 0.05) is 12.8 Å². The van der Waals surface area contributed by atoms with E-state index < -0.39 is 0 Å². The molecule has 0 saturated carbocycles. The summed E-state index contributed by atoms with van der Waals surface area (Å²) in [4.78, 5) is 20.6. The van der Waals surface area contributed by atoms with E-state index in [-0.39, 0.29) is 11.8 Å². The SMILES string of the molecule is NC(=O)CCCCCCC(N)=O. The van der Waals surface area contributed by atoms with E-state index in [2.05, 4.69) is 0 Å². The largest absolute Gasteiger partial charge is 0.370 e. The Bertz CT molecular complexity index is 139. The van der Waals surface area contributed by atoms with Gasteiger partial charge in [-0.15, -0.1) is 0 Å². The summed E-state index contributed by atoms with van der Waals surface area (Å²) in [6.45, 7) is 0. The summed E-state index contributed by atoms with van der Waals surface area (Å²) >= 11 is 0. The van der Waals surface area contributed by atoms with E-state index >= 15 is 0 Å². The maximum Gasteiger partial charge on any atom is 0.217 e. The molecular formula is C8H16N2O2. The number of nitrogens with two attached hydrogens (primary N) is 2. The maximum atomic E-state index is 10.3. The maximum absolute atomic E-state index is 10.3. The second-order valence-corrected chi connectivity index (χ2v) is 2.85. The minimum absolute atomic E-state index is 0.259. The van der Waals surface area contributed by atoms with Gasteiger partial charge in [0.1, 0.15) is 0 Å². The van der Waals surface area contributed by atoms with E-state index in [1.54, 1.807) is 0 Å². The molecule has 0 atom stereocenters. The molecule has 0 rings (SSSR count). The zero-order chi connectivity index (χ0) is 9.40. The van der Waals surface area contributed by atoms with Crippen molar-refractivity contribution in [3.05, 3.63) is 0 Å². The van der Waals surface area contributed by atoms with Crippen LogP contribution < -0.4 is 11.5 Å². The molecule has 0 radical (unpaired) electrons. The molecule has 0 aliphatic heterocycles. The summed E-state index contributed by atoms with van der Waals surface area (Å²) < 4.78 is 0. The Labute approximate surface area is 72.3 Å². The third-order valence-electron chi connectivity index (χ3n) is 1.60. The molecule has 0 unspecified atom stereocenters. The van der Waals surface area contributed by atoms with Gasteiger partial charge in [0.2, 0.25) is 11.8 Å². The highest BCUT2D eigenvalue weighted by molar-refractivity contribution is 5.73. The molecule has 0 aromatic rings. The second kappa shape index (κ2) is 6.64. The molecule has 0 spiro atoms.